The van der Waals surface area contributed by atoms with Crippen molar-refractivity contribution < 1.29 is 27.5 Å². The minimum Gasteiger partial charge on any atom is -0.495 e. The summed E-state index contributed by atoms with van der Waals surface area (Å²) in [7, 11) is -1.67. The highest BCUT2D eigenvalue weighted by Gasteiger charge is 2.20. The third-order valence-electron chi connectivity index (χ3n) is 3.64. The Balaban J connectivity index is 1.99. The van der Waals surface area contributed by atoms with Crippen LogP contribution >= 0.6 is 0 Å². The van der Waals surface area contributed by atoms with Crippen LogP contribution < -0.4 is 10.1 Å². The smallest absolute Gasteiger partial charge is 0.338 e. The van der Waals surface area contributed by atoms with Crippen molar-refractivity contribution >= 4 is 27.4 Å². The van der Waals surface area contributed by atoms with Gasteiger partial charge in [0, 0.05) is 6.26 Å². The summed E-state index contributed by atoms with van der Waals surface area (Å²) in [6, 6.07) is 12.9. The van der Waals surface area contributed by atoms with Crippen molar-refractivity contribution in [1.29, 1.82) is 0 Å². The second-order valence-corrected chi connectivity index (χ2v) is 8.14. The van der Waals surface area contributed by atoms with Crippen LogP contribution in [-0.4, -0.2) is 39.8 Å². The first-order valence-electron chi connectivity index (χ1n) is 8.11. The van der Waals surface area contributed by atoms with Gasteiger partial charge < -0.3 is 14.8 Å². The molecule has 0 aliphatic carbocycles. The lowest BCUT2D eigenvalue weighted by atomic mass is 10.1. The molecule has 144 valence electrons. The van der Waals surface area contributed by atoms with Crippen LogP contribution in [0.3, 0.4) is 0 Å². The Labute approximate surface area is 158 Å². The number of rotatable bonds is 7. The SMILES string of the molecule is COc1ccccc1NC(=O)[C@@H](C)OC(=O)c1ccc(CS(C)(=O)=O)cc1. The Kier molecular flexibility index (Phi) is 6.57. The highest BCUT2D eigenvalue weighted by Crippen LogP contribution is 2.23. The summed E-state index contributed by atoms with van der Waals surface area (Å²) in [5.41, 5.74) is 1.26. The first kappa shape index (κ1) is 20.4. The minimum absolute atomic E-state index is 0.111. The topological polar surface area (TPSA) is 98.8 Å². The molecule has 0 aliphatic rings. The van der Waals surface area contributed by atoms with E-state index in [1.165, 1.54) is 38.3 Å². The maximum absolute atomic E-state index is 12.2. The summed E-state index contributed by atoms with van der Waals surface area (Å²) in [5, 5.41) is 2.65. The highest BCUT2D eigenvalue weighted by atomic mass is 32.2. The molecule has 0 saturated heterocycles. The van der Waals surface area contributed by atoms with Gasteiger partial charge in [0.15, 0.2) is 15.9 Å². The van der Waals surface area contributed by atoms with Crippen LogP contribution in [0.4, 0.5) is 5.69 Å². The van der Waals surface area contributed by atoms with Gasteiger partial charge in [-0.15, -0.1) is 0 Å². The molecule has 2 aromatic rings. The molecule has 2 aromatic carbocycles. The van der Waals surface area contributed by atoms with Crippen LogP contribution in [0.15, 0.2) is 48.5 Å². The van der Waals surface area contributed by atoms with Crippen LogP contribution in [-0.2, 0) is 25.1 Å². The Hall–Kier alpha value is -2.87. The third-order valence-corrected chi connectivity index (χ3v) is 4.49. The molecule has 0 heterocycles. The van der Waals surface area contributed by atoms with Gasteiger partial charge in [0.25, 0.3) is 5.91 Å². The van der Waals surface area contributed by atoms with Gasteiger partial charge in [-0.2, -0.15) is 0 Å². The Morgan fingerprint density at radius 1 is 1.07 bits per heavy atom. The number of para-hydroxylation sites is 2. The van der Waals surface area contributed by atoms with E-state index in [2.05, 4.69) is 5.32 Å². The Morgan fingerprint density at radius 2 is 1.70 bits per heavy atom. The normalized spacial score (nSPS) is 12.1. The number of esters is 1. The number of sulfone groups is 1. The molecule has 0 bridgehead atoms. The minimum atomic E-state index is -3.16. The molecule has 8 heteroatoms. The Bertz CT molecular complexity index is 921. The summed E-state index contributed by atoms with van der Waals surface area (Å²) in [5.74, 6) is -0.795. The van der Waals surface area contributed by atoms with Crippen molar-refractivity contribution in [3.05, 3.63) is 59.7 Å². The van der Waals surface area contributed by atoms with Gasteiger partial charge in [-0.25, -0.2) is 13.2 Å². The molecule has 27 heavy (non-hydrogen) atoms. The molecule has 1 N–H and O–H groups in total. The average Bonchev–Trinajstić information content (AvgIpc) is 2.61. The van der Waals surface area contributed by atoms with Crippen molar-refractivity contribution in [2.75, 3.05) is 18.7 Å². The van der Waals surface area contributed by atoms with E-state index in [-0.39, 0.29) is 11.3 Å². The van der Waals surface area contributed by atoms with Crippen LogP contribution in [0.2, 0.25) is 0 Å². The zero-order valence-corrected chi connectivity index (χ0v) is 16.1. The average molecular weight is 391 g/mol. The number of amides is 1. The highest BCUT2D eigenvalue weighted by molar-refractivity contribution is 7.89. The molecule has 0 spiro atoms. The van der Waals surface area contributed by atoms with E-state index >= 15 is 0 Å². The molecule has 7 nitrogen and oxygen atoms in total. The van der Waals surface area contributed by atoms with Crippen molar-refractivity contribution in [2.24, 2.45) is 0 Å². The fourth-order valence-electron chi connectivity index (χ4n) is 2.30. The molecule has 0 unspecified atom stereocenters. The fourth-order valence-corrected chi connectivity index (χ4v) is 3.10. The lowest BCUT2D eigenvalue weighted by Gasteiger charge is -2.15. The molecular weight excluding hydrogens is 370 g/mol. The molecule has 0 saturated carbocycles. The quantitative estimate of drug-likeness (QED) is 0.728. The predicted octanol–water partition coefficient (Wildman–Crippen LogP) is 2.42. The van der Waals surface area contributed by atoms with E-state index in [0.29, 0.717) is 17.0 Å². The standard InChI is InChI=1S/C19H21NO6S/c1-13(18(21)20-16-6-4-5-7-17(16)25-2)26-19(22)15-10-8-14(9-11-15)12-27(3,23)24/h4-11,13H,12H2,1-3H3,(H,20,21)/t13-/m1/s1. The molecule has 1 amide bonds. The van der Waals surface area contributed by atoms with Crippen LogP contribution in [0.5, 0.6) is 5.75 Å². The van der Waals surface area contributed by atoms with Gasteiger partial charge in [0.2, 0.25) is 0 Å². The van der Waals surface area contributed by atoms with Crippen molar-refractivity contribution in [3.63, 3.8) is 0 Å². The van der Waals surface area contributed by atoms with E-state index in [0.717, 1.165) is 6.26 Å². The van der Waals surface area contributed by atoms with E-state index < -0.39 is 27.8 Å². The number of anilines is 1. The number of nitrogens with one attached hydrogen (secondary N) is 1. The maximum atomic E-state index is 12.2. The zero-order chi connectivity index (χ0) is 20.0. The lowest BCUT2D eigenvalue weighted by molar-refractivity contribution is -0.123. The number of hydrogen-bond acceptors (Lipinski definition) is 6. The molecule has 0 aromatic heterocycles. The summed E-state index contributed by atoms with van der Waals surface area (Å²) in [6.45, 7) is 1.46. The first-order valence-corrected chi connectivity index (χ1v) is 10.2. The number of benzene rings is 2. The van der Waals surface area contributed by atoms with Crippen molar-refractivity contribution in [3.8, 4) is 5.75 Å². The van der Waals surface area contributed by atoms with Gasteiger partial charge in [0.05, 0.1) is 24.1 Å². The van der Waals surface area contributed by atoms with E-state index in [9.17, 15) is 18.0 Å². The number of carbonyl (C=O) groups is 2. The molecule has 0 fully saturated rings. The van der Waals surface area contributed by atoms with E-state index in [1.54, 1.807) is 24.3 Å². The summed E-state index contributed by atoms with van der Waals surface area (Å²) in [4.78, 5) is 24.4. The summed E-state index contributed by atoms with van der Waals surface area (Å²) in [6.07, 6.45) is 0.107. The number of hydrogen-bond donors (Lipinski definition) is 1. The molecular formula is C19H21NO6S. The van der Waals surface area contributed by atoms with Crippen molar-refractivity contribution in [2.45, 2.75) is 18.8 Å². The van der Waals surface area contributed by atoms with Crippen LogP contribution in [0.25, 0.3) is 0 Å². The summed E-state index contributed by atoms with van der Waals surface area (Å²) >= 11 is 0. The zero-order valence-electron chi connectivity index (χ0n) is 15.3. The molecule has 1 atom stereocenters. The maximum Gasteiger partial charge on any atom is 0.338 e. The van der Waals surface area contributed by atoms with E-state index in [4.69, 9.17) is 9.47 Å². The predicted molar refractivity (Wildman–Crippen MR) is 101 cm³/mol. The summed E-state index contributed by atoms with van der Waals surface area (Å²) < 4.78 is 32.9. The van der Waals surface area contributed by atoms with Gasteiger partial charge in [-0.3, -0.25) is 4.79 Å². The Morgan fingerprint density at radius 3 is 2.30 bits per heavy atom. The molecule has 0 radical (unpaired) electrons. The second-order valence-electron chi connectivity index (χ2n) is 6.00. The van der Waals surface area contributed by atoms with E-state index in [1.807, 2.05) is 0 Å². The first-order chi connectivity index (χ1) is 12.7. The third kappa shape index (κ3) is 6.10. The van der Waals surface area contributed by atoms with Crippen LogP contribution in [0, 0.1) is 0 Å². The van der Waals surface area contributed by atoms with Gasteiger partial charge in [0.1, 0.15) is 5.75 Å². The number of methoxy groups -OCH3 is 1. The van der Waals surface area contributed by atoms with Crippen molar-refractivity contribution in [1.82, 2.24) is 0 Å². The van der Waals surface area contributed by atoms with Gasteiger partial charge in [-0.1, -0.05) is 24.3 Å². The fraction of sp³-hybridized carbons (Fsp3) is 0.263. The van der Waals surface area contributed by atoms with Gasteiger partial charge >= 0.3 is 5.97 Å². The van der Waals surface area contributed by atoms with Gasteiger partial charge in [-0.05, 0) is 36.8 Å². The van der Waals surface area contributed by atoms with Crippen LogP contribution in [0.1, 0.15) is 22.8 Å². The second kappa shape index (κ2) is 8.68. The molecule has 2 rings (SSSR count). The monoisotopic (exact) mass is 391 g/mol. The lowest BCUT2D eigenvalue weighted by Crippen LogP contribution is -2.30. The number of carbonyl (C=O) groups excluding carboxylic acids is 2. The largest absolute Gasteiger partial charge is 0.495 e. The number of ether oxygens (including phenoxy) is 2. The molecule has 0 aliphatic heterocycles.